The number of nitrogens with zero attached hydrogens (tertiary/aromatic N) is 1. The number of ether oxygens (including phenoxy) is 1. The third-order valence-electron chi connectivity index (χ3n) is 7.15. The summed E-state index contributed by atoms with van der Waals surface area (Å²) in [6.07, 6.45) is 1.27. The summed E-state index contributed by atoms with van der Waals surface area (Å²) < 4.78 is 5.85. The van der Waals surface area contributed by atoms with Gasteiger partial charge in [-0.2, -0.15) is 0 Å². The molecule has 0 aromatic heterocycles. The van der Waals surface area contributed by atoms with Crippen molar-refractivity contribution in [3.8, 4) is 0 Å². The number of hydrogen-bond acceptors (Lipinski definition) is 3. The van der Waals surface area contributed by atoms with Crippen molar-refractivity contribution in [1.29, 1.82) is 0 Å². The van der Waals surface area contributed by atoms with Crippen LogP contribution in [-0.4, -0.2) is 22.4 Å². The molecule has 1 saturated heterocycles. The van der Waals surface area contributed by atoms with Gasteiger partial charge >= 0.3 is 5.97 Å². The molecule has 2 bridgehead atoms. The molecule has 4 rings (SSSR count). The molecule has 2 aliphatic rings. The van der Waals surface area contributed by atoms with Crippen LogP contribution in [0.4, 0.5) is 0 Å². The van der Waals surface area contributed by atoms with Gasteiger partial charge in [0.2, 0.25) is 0 Å². The average molecular weight is 377 g/mol. The van der Waals surface area contributed by atoms with Crippen LogP contribution in [0.25, 0.3) is 0 Å². The Morgan fingerprint density at radius 3 is 1.79 bits per heavy atom. The lowest BCUT2D eigenvalue weighted by molar-refractivity contribution is -0.174. The predicted molar refractivity (Wildman–Crippen MR) is 107 cm³/mol. The van der Waals surface area contributed by atoms with E-state index in [-0.39, 0.29) is 11.9 Å². The molecule has 2 atom stereocenters. The molecule has 0 N–H and O–H groups in total. The number of carbonyl (C=O) groups excluding carboxylic acids is 2. The minimum absolute atomic E-state index is 0.0835. The van der Waals surface area contributed by atoms with Gasteiger partial charge in [-0.15, -0.1) is 0 Å². The van der Waals surface area contributed by atoms with Crippen LogP contribution in [0.3, 0.4) is 0 Å². The number of fused-ring (bicyclic) bond motifs is 2. The second kappa shape index (κ2) is 6.47. The van der Waals surface area contributed by atoms with Gasteiger partial charge < -0.3 is 9.64 Å². The van der Waals surface area contributed by atoms with E-state index >= 15 is 0 Å². The van der Waals surface area contributed by atoms with E-state index in [1.807, 2.05) is 86.3 Å². The van der Waals surface area contributed by atoms with Crippen LogP contribution in [0, 0.1) is 10.8 Å². The fourth-order valence-electron chi connectivity index (χ4n) is 4.78. The molecule has 2 aromatic rings. The first-order valence-corrected chi connectivity index (χ1v) is 9.91. The SMILES string of the molecule is CC1(C)[C@]2(C)CC[C@]1(C(=O)N(Cc1ccccc1)Cc1ccccc1)OC2=O. The van der Waals surface area contributed by atoms with Gasteiger partial charge in [-0.05, 0) is 30.9 Å². The Labute approximate surface area is 166 Å². The summed E-state index contributed by atoms with van der Waals surface area (Å²) in [5, 5.41) is 0. The molecule has 1 aliphatic heterocycles. The summed E-state index contributed by atoms with van der Waals surface area (Å²) in [6, 6.07) is 19.9. The van der Waals surface area contributed by atoms with E-state index in [9.17, 15) is 9.59 Å². The zero-order valence-electron chi connectivity index (χ0n) is 16.8. The highest BCUT2D eigenvalue weighted by Crippen LogP contribution is 2.66. The molecule has 1 heterocycles. The fraction of sp³-hybridized carbons (Fsp3) is 0.417. The Balaban J connectivity index is 1.70. The van der Waals surface area contributed by atoms with Gasteiger partial charge in [0.25, 0.3) is 5.91 Å². The zero-order valence-corrected chi connectivity index (χ0v) is 16.8. The van der Waals surface area contributed by atoms with Gasteiger partial charge in [0.15, 0.2) is 5.60 Å². The van der Waals surface area contributed by atoms with Gasteiger partial charge in [0, 0.05) is 18.5 Å². The Morgan fingerprint density at radius 2 is 1.39 bits per heavy atom. The van der Waals surface area contributed by atoms with Gasteiger partial charge in [-0.25, -0.2) is 0 Å². The maximum absolute atomic E-state index is 13.9. The molecule has 4 nitrogen and oxygen atoms in total. The Kier molecular flexibility index (Phi) is 4.33. The van der Waals surface area contributed by atoms with E-state index in [4.69, 9.17) is 4.74 Å². The first-order valence-electron chi connectivity index (χ1n) is 9.91. The summed E-state index contributed by atoms with van der Waals surface area (Å²) in [4.78, 5) is 28.4. The smallest absolute Gasteiger partial charge is 0.313 e. The minimum Gasteiger partial charge on any atom is -0.448 e. The van der Waals surface area contributed by atoms with Crippen LogP contribution in [0.15, 0.2) is 60.7 Å². The number of benzene rings is 2. The summed E-state index contributed by atoms with van der Waals surface area (Å²) >= 11 is 0. The number of hydrogen-bond donors (Lipinski definition) is 0. The number of amides is 1. The molecule has 1 amide bonds. The van der Waals surface area contributed by atoms with Crippen LogP contribution in [0.5, 0.6) is 0 Å². The summed E-state index contributed by atoms with van der Waals surface area (Å²) in [6.45, 7) is 6.93. The first kappa shape index (κ1) is 18.7. The van der Waals surface area contributed by atoms with Crippen molar-refractivity contribution >= 4 is 11.9 Å². The lowest BCUT2D eigenvalue weighted by Gasteiger charge is -2.39. The maximum Gasteiger partial charge on any atom is 0.313 e. The Bertz CT molecular complexity index is 851. The molecular weight excluding hydrogens is 350 g/mol. The Morgan fingerprint density at radius 1 is 0.893 bits per heavy atom. The highest BCUT2D eigenvalue weighted by atomic mass is 16.6. The van der Waals surface area contributed by atoms with E-state index in [1.54, 1.807) is 0 Å². The molecule has 1 aliphatic carbocycles. The molecule has 2 fully saturated rings. The average Bonchev–Trinajstić information content (AvgIpc) is 2.99. The van der Waals surface area contributed by atoms with E-state index in [0.717, 1.165) is 11.1 Å². The van der Waals surface area contributed by atoms with E-state index in [1.165, 1.54) is 0 Å². The van der Waals surface area contributed by atoms with Gasteiger partial charge in [-0.3, -0.25) is 9.59 Å². The lowest BCUT2D eigenvalue weighted by Crippen LogP contribution is -2.54. The normalized spacial score (nSPS) is 27.5. The van der Waals surface area contributed by atoms with Crippen molar-refractivity contribution in [2.75, 3.05) is 0 Å². The molecular formula is C24H27NO3. The molecule has 4 heteroatoms. The summed E-state index contributed by atoms with van der Waals surface area (Å²) in [5.74, 6) is -0.323. The molecule has 1 saturated carbocycles. The molecule has 146 valence electrons. The third-order valence-corrected chi connectivity index (χ3v) is 7.15. The van der Waals surface area contributed by atoms with E-state index in [0.29, 0.717) is 25.9 Å². The number of rotatable bonds is 5. The summed E-state index contributed by atoms with van der Waals surface area (Å²) in [5.41, 5.74) is -0.104. The number of esters is 1. The molecule has 28 heavy (non-hydrogen) atoms. The van der Waals surface area contributed by atoms with Crippen LogP contribution in [0.1, 0.15) is 44.7 Å². The lowest BCUT2D eigenvalue weighted by atomic mass is 9.66. The molecule has 0 unspecified atom stereocenters. The quantitative estimate of drug-likeness (QED) is 0.729. The fourth-order valence-corrected chi connectivity index (χ4v) is 4.78. The maximum atomic E-state index is 13.9. The van der Waals surface area contributed by atoms with Crippen LogP contribution in [-0.2, 0) is 27.4 Å². The van der Waals surface area contributed by atoms with Crippen LogP contribution in [0.2, 0.25) is 0 Å². The van der Waals surface area contributed by atoms with Gasteiger partial charge in [0.1, 0.15) is 0 Å². The monoisotopic (exact) mass is 377 g/mol. The van der Waals surface area contributed by atoms with Crippen molar-refractivity contribution in [3.63, 3.8) is 0 Å². The van der Waals surface area contributed by atoms with Crippen LogP contribution >= 0.6 is 0 Å². The third kappa shape index (κ3) is 2.58. The predicted octanol–water partition coefficient (Wildman–Crippen LogP) is 4.34. The first-order chi connectivity index (χ1) is 13.3. The second-order valence-corrected chi connectivity index (χ2v) is 8.81. The second-order valence-electron chi connectivity index (χ2n) is 8.81. The van der Waals surface area contributed by atoms with Crippen molar-refractivity contribution in [2.45, 2.75) is 52.3 Å². The summed E-state index contributed by atoms with van der Waals surface area (Å²) in [7, 11) is 0. The van der Waals surface area contributed by atoms with E-state index < -0.39 is 16.4 Å². The zero-order chi connectivity index (χ0) is 20.0. The molecule has 0 radical (unpaired) electrons. The standard InChI is InChI=1S/C24H27NO3/c1-22(2)23(3)14-15-24(22,28-21(23)27)20(26)25(16-18-10-6-4-7-11-18)17-19-12-8-5-9-13-19/h4-13H,14-17H2,1-3H3/t23-,24-/m1/s1. The van der Waals surface area contributed by atoms with Gasteiger partial charge in [-0.1, -0.05) is 74.5 Å². The van der Waals surface area contributed by atoms with E-state index in [2.05, 4.69) is 0 Å². The Hall–Kier alpha value is -2.62. The minimum atomic E-state index is -1.08. The molecule has 0 spiro atoms. The van der Waals surface area contributed by atoms with Crippen molar-refractivity contribution in [1.82, 2.24) is 4.90 Å². The van der Waals surface area contributed by atoms with Crippen molar-refractivity contribution < 1.29 is 14.3 Å². The number of carbonyl (C=O) groups is 2. The highest BCUT2D eigenvalue weighted by Gasteiger charge is 2.76. The van der Waals surface area contributed by atoms with Gasteiger partial charge in [0.05, 0.1) is 5.41 Å². The van der Waals surface area contributed by atoms with Crippen molar-refractivity contribution in [3.05, 3.63) is 71.8 Å². The van der Waals surface area contributed by atoms with Crippen molar-refractivity contribution in [2.24, 2.45) is 10.8 Å². The highest BCUT2D eigenvalue weighted by molar-refractivity contribution is 5.96. The largest absolute Gasteiger partial charge is 0.448 e. The van der Waals surface area contributed by atoms with Crippen LogP contribution < -0.4 is 0 Å². The topological polar surface area (TPSA) is 46.6 Å². The molecule has 2 aromatic carbocycles.